The van der Waals surface area contributed by atoms with Gasteiger partial charge in [0.1, 0.15) is 11.2 Å². The third kappa shape index (κ3) is 4.35. The van der Waals surface area contributed by atoms with Gasteiger partial charge in [-0.05, 0) is 106 Å². The van der Waals surface area contributed by atoms with Gasteiger partial charge >= 0.3 is 13.7 Å². The molecule has 74 heavy (non-hydrogen) atoms. The van der Waals surface area contributed by atoms with Gasteiger partial charge < -0.3 is 27.6 Å². The Balaban J connectivity index is 1.09. The maximum Gasteiger partial charge on any atom is 0.333 e. The number of para-hydroxylation sites is 8. The van der Waals surface area contributed by atoms with Crippen LogP contribution in [0.25, 0.3) is 110 Å². The van der Waals surface area contributed by atoms with Crippen LogP contribution in [0.4, 0.5) is 34.1 Å². The van der Waals surface area contributed by atoms with E-state index >= 15 is 0 Å². The lowest BCUT2D eigenvalue weighted by Crippen LogP contribution is -2.57. The molecule has 0 fully saturated rings. The van der Waals surface area contributed by atoms with Crippen molar-refractivity contribution in [2.75, 3.05) is 9.80 Å². The largest absolute Gasteiger partial charge is 0.454 e. The number of benzene rings is 11. The summed E-state index contributed by atoms with van der Waals surface area (Å²) in [5.74, 6) is 0. The monoisotopic (exact) mass is 938 g/mol. The lowest BCUT2D eigenvalue weighted by Gasteiger charge is -2.41. The fraction of sp³-hybridized carbons (Fsp3) is 0. The molecule has 0 radical (unpaired) electrons. The van der Waals surface area contributed by atoms with Gasteiger partial charge in [0.05, 0.1) is 11.4 Å². The molecule has 0 N–H and O–H groups in total. The van der Waals surface area contributed by atoms with Crippen LogP contribution in [-0.4, -0.2) is 22.7 Å². The number of nitrogens with zero attached hydrogens (tertiary/aromatic N) is 4. The van der Waals surface area contributed by atoms with Gasteiger partial charge in [0.15, 0.2) is 11.2 Å². The van der Waals surface area contributed by atoms with E-state index in [-0.39, 0.29) is 13.7 Å². The Morgan fingerprint density at radius 1 is 0.338 bits per heavy atom. The minimum absolute atomic E-state index is 0.173. The van der Waals surface area contributed by atoms with Gasteiger partial charge in [0.2, 0.25) is 0 Å². The number of hydrogen-bond donors (Lipinski definition) is 0. The molecular formula is C66H36B2N4O2. The smallest absolute Gasteiger partial charge is 0.333 e. The number of hydrogen-bond acceptors (Lipinski definition) is 4. The van der Waals surface area contributed by atoms with Crippen LogP contribution in [0.1, 0.15) is 0 Å². The molecule has 0 bridgehead atoms. The van der Waals surface area contributed by atoms with Crippen LogP contribution >= 0.6 is 0 Å². The highest BCUT2D eigenvalue weighted by Crippen LogP contribution is 2.58. The highest BCUT2D eigenvalue weighted by Gasteiger charge is 2.49. The molecule has 338 valence electrons. The van der Waals surface area contributed by atoms with Crippen LogP contribution in [0.3, 0.4) is 0 Å². The van der Waals surface area contributed by atoms with Crippen LogP contribution in [0.2, 0.25) is 0 Å². The second kappa shape index (κ2) is 13.2. The van der Waals surface area contributed by atoms with Gasteiger partial charge in [-0.3, -0.25) is 0 Å². The highest BCUT2D eigenvalue weighted by atomic mass is 16.3. The van der Waals surface area contributed by atoms with Crippen LogP contribution in [0.15, 0.2) is 227 Å². The number of anilines is 6. The zero-order valence-electron chi connectivity index (χ0n) is 39.5. The lowest BCUT2D eigenvalue weighted by atomic mass is 9.44. The maximum atomic E-state index is 7.18. The quantitative estimate of drug-likeness (QED) is 0.162. The summed E-state index contributed by atoms with van der Waals surface area (Å²) in [6.07, 6.45) is 0. The molecular weight excluding hydrogens is 902 g/mol. The Hall–Kier alpha value is -9.65. The number of aromatic nitrogens is 2. The van der Waals surface area contributed by atoms with Crippen molar-refractivity contribution < 1.29 is 8.83 Å². The Morgan fingerprint density at radius 2 is 0.716 bits per heavy atom. The molecule has 6 nitrogen and oxygen atoms in total. The molecule has 0 amide bonds. The normalized spacial score (nSPS) is 13.8. The topological polar surface area (TPSA) is 42.6 Å². The standard InChI is InChI=1S/C66H36B2N4O2/c1-3-19-37(20-4-1)69-51-31-15-11-27-47(51)67-59-45(35-43-39-23-9-17-33-53(39)73-65(43)63(59)69)57-55-42-26-8-14-30-50(42)72-62(55)58(56-41-25-7-13-29-49(41)71(67)61(56)57)46-36-44-40-24-10-18-34-54(40)74-66(44)64-60(46)68(72)48-28-12-16-32-52(48)70(64)38-21-5-2-6-22-38/h1-36H. The third-order valence-corrected chi connectivity index (χ3v) is 17.2. The van der Waals surface area contributed by atoms with E-state index in [0.717, 1.165) is 78.0 Å². The second-order valence-corrected chi connectivity index (χ2v) is 20.6. The molecule has 8 heteroatoms. The first-order chi connectivity index (χ1) is 36.8. The van der Waals surface area contributed by atoms with E-state index in [9.17, 15) is 0 Å². The van der Waals surface area contributed by atoms with E-state index < -0.39 is 0 Å². The molecule has 4 aromatic heterocycles. The van der Waals surface area contributed by atoms with Gasteiger partial charge in [-0.25, -0.2) is 0 Å². The Morgan fingerprint density at radius 3 is 1.18 bits per heavy atom. The van der Waals surface area contributed by atoms with Crippen molar-refractivity contribution in [2.24, 2.45) is 0 Å². The van der Waals surface area contributed by atoms with Crippen molar-refractivity contribution in [1.29, 1.82) is 0 Å². The van der Waals surface area contributed by atoms with Gasteiger partial charge in [-0.15, -0.1) is 0 Å². The van der Waals surface area contributed by atoms with E-state index in [0.29, 0.717) is 0 Å². The van der Waals surface area contributed by atoms with Crippen molar-refractivity contribution in [1.82, 2.24) is 8.96 Å². The molecule has 11 aromatic carbocycles. The Bertz CT molecular complexity index is 4750. The predicted molar refractivity (Wildman–Crippen MR) is 308 cm³/mol. The van der Waals surface area contributed by atoms with Gasteiger partial charge in [-0.2, -0.15) is 0 Å². The van der Waals surface area contributed by atoms with Crippen LogP contribution < -0.4 is 31.7 Å². The molecule has 15 aromatic rings. The molecule has 8 heterocycles. The van der Waals surface area contributed by atoms with Gasteiger partial charge in [0.25, 0.3) is 0 Å². The molecule has 4 aliphatic rings. The molecule has 4 aliphatic heterocycles. The lowest BCUT2D eigenvalue weighted by molar-refractivity contribution is 0.669. The van der Waals surface area contributed by atoms with E-state index in [2.05, 4.69) is 237 Å². The zero-order chi connectivity index (χ0) is 47.7. The van der Waals surface area contributed by atoms with Crippen molar-refractivity contribution in [3.63, 3.8) is 0 Å². The van der Waals surface area contributed by atoms with Crippen molar-refractivity contribution >= 4 is 157 Å². The van der Waals surface area contributed by atoms with Crippen molar-refractivity contribution in [3.05, 3.63) is 218 Å². The summed E-state index contributed by atoms with van der Waals surface area (Å²) in [6.45, 7) is -0.347. The third-order valence-electron chi connectivity index (χ3n) is 17.2. The second-order valence-electron chi connectivity index (χ2n) is 20.6. The fourth-order valence-electron chi connectivity index (χ4n) is 14.6. The van der Waals surface area contributed by atoms with Crippen molar-refractivity contribution in [2.45, 2.75) is 0 Å². The summed E-state index contributed by atoms with van der Waals surface area (Å²) < 4.78 is 19.8. The average Bonchev–Trinajstić information content (AvgIpc) is 4.38. The summed E-state index contributed by atoms with van der Waals surface area (Å²) in [5, 5.41) is 9.49. The van der Waals surface area contributed by atoms with E-state index in [1.54, 1.807) is 0 Å². The predicted octanol–water partition coefficient (Wildman–Crippen LogP) is 14.5. The minimum atomic E-state index is -0.173. The van der Waals surface area contributed by atoms with Gasteiger partial charge in [0, 0.05) is 99.0 Å². The first kappa shape index (κ1) is 38.1. The molecule has 0 spiro atoms. The van der Waals surface area contributed by atoms with Gasteiger partial charge in [-0.1, -0.05) is 146 Å². The molecule has 0 saturated carbocycles. The van der Waals surface area contributed by atoms with Crippen LogP contribution in [0, 0.1) is 0 Å². The summed E-state index contributed by atoms with van der Waals surface area (Å²) in [5.41, 5.74) is 25.3. The number of fused-ring (bicyclic) bond motifs is 24. The first-order valence-electron chi connectivity index (χ1n) is 25.7. The Labute approximate surface area is 423 Å². The summed E-state index contributed by atoms with van der Waals surface area (Å²) in [7, 11) is 0. The average molecular weight is 939 g/mol. The minimum Gasteiger partial charge on any atom is -0.454 e. The molecule has 0 saturated heterocycles. The summed E-state index contributed by atoms with van der Waals surface area (Å²) in [6, 6.07) is 80.5. The SMILES string of the molecule is c1ccc(N2c3ccccc3B3c4c(cc5c(oc6ccccc65)c42)-c2c4c5ccccc5n5c4c(c4c6ccccc6n3c24)-c2cc3c(oc4ccccc43)c3c2B5c2ccccc2N3c2ccccc2)cc1. The molecule has 19 rings (SSSR count). The zero-order valence-corrected chi connectivity index (χ0v) is 39.5. The summed E-state index contributed by atoms with van der Waals surface area (Å²) in [4.78, 5) is 4.97. The number of rotatable bonds is 2. The molecule has 0 aliphatic carbocycles. The first-order valence-corrected chi connectivity index (χ1v) is 25.7. The van der Waals surface area contributed by atoms with E-state index in [4.69, 9.17) is 8.83 Å². The van der Waals surface area contributed by atoms with Crippen LogP contribution in [0.5, 0.6) is 0 Å². The highest BCUT2D eigenvalue weighted by molar-refractivity contribution is 6.92. The summed E-state index contributed by atoms with van der Waals surface area (Å²) >= 11 is 0. The molecule has 0 atom stereocenters. The van der Waals surface area contributed by atoms with Crippen molar-refractivity contribution in [3.8, 4) is 22.3 Å². The van der Waals surface area contributed by atoms with Crippen LogP contribution in [-0.2, 0) is 0 Å². The Kier molecular flexibility index (Phi) is 6.82. The fourth-order valence-corrected chi connectivity index (χ4v) is 14.6. The molecule has 0 unspecified atom stereocenters. The maximum absolute atomic E-state index is 7.18. The van der Waals surface area contributed by atoms with E-state index in [1.165, 1.54) is 87.7 Å². The number of furan rings is 2. The van der Waals surface area contributed by atoms with E-state index in [1.807, 2.05) is 0 Å².